The third-order valence-electron chi connectivity index (χ3n) is 3.20. The molecule has 0 spiro atoms. The lowest BCUT2D eigenvalue weighted by molar-refractivity contribution is 0.409. The summed E-state index contributed by atoms with van der Waals surface area (Å²) >= 11 is 0. The van der Waals surface area contributed by atoms with Crippen LogP contribution in [0.3, 0.4) is 0 Å². The van der Waals surface area contributed by atoms with Crippen molar-refractivity contribution in [3.63, 3.8) is 0 Å². The van der Waals surface area contributed by atoms with Crippen LogP contribution < -0.4 is 5.56 Å². The van der Waals surface area contributed by atoms with Gasteiger partial charge in [0, 0.05) is 12.1 Å². The zero-order chi connectivity index (χ0) is 16.3. The summed E-state index contributed by atoms with van der Waals surface area (Å²) in [5, 5.41) is 26.5. The fourth-order valence-corrected chi connectivity index (χ4v) is 1.99. The van der Waals surface area contributed by atoms with Crippen LogP contribution in [0, 0.1) is 24.1 Å². The molecule has 0 fully saturated rings. The number of azo groups is 1. The topological polar surface area (TPSA) is 90.7 Å². The van der Waals surface area contributed by atoms with Crippen LogP contribution in [0.1, 0.15) is 18.1 Å². The van der Waals surface area contributed by atoms with Crippen molar-refractivity contribution in [1.29, 1.82) is 5.26 Å². The van der Waals surface area contributed by atoms with Gasteiger partial charge in [0.15, 0.2) is 11.5 Å². The molecule has 0 saturated heterocycles. The van der Waals surface area contributed by atoms with Crippen LogP contribution in [0.2, 0.25) is 0 Å². The second-order valence-corrected chi connectivity index (χ2v) is 4.48. The summed E-state index contributed by atoms with van der Waals surface area (Å²) in [5.41, 5.74) is -0.550. The van der Waals surface area contributed by atoms with Gasteiger partial charge in [-0.3, -0.25) is 9.36 Å². The van der Waals surface area contributed by atoms with Crippen LogP contribution in [-0.2, 0) is 6.54 Å². The zero-order valence-electron chi connectivity index (χ0n) is 12.0. The summed E-state index contributed by atoms with van der Waals surface area (Å²) in [7, 11) is 0. The summed E-state index contributed by atoms with van der Waals surface area (Å²) in [6.45, 7) is 3.30. The average Bonchev–Trinajstić information content (AvgIpc) is 2.49. The molecule has 1 N–H and O–H groups in total. The van der Waals surface area contributed by atoms with Gasteiger partial charge in [0.1, 0.15) is 17.3 Å². The highest BCUT2D eigenvalue weighted by molar-refractivity contribution is 5.56. The maximum absolute atomic E-state index is 13.5. The molecule has 7 heteroatoms. The predicted molar refractivity (Wildman–Crippen MR) is 78.1 cm³/mol. The van der Waals surface area contributed by atoms with Crippen LogP contribution in [0.5, 0.6) is 5.88 Å². The molecule has 0 bridgehead atoms. The van der Waals surface area contributed by atoms with Gasteiger partial charge in [-0.1, -0.05) is 12.1 Å². The number of nitriles is 1. The highest BCUT2D eigenvalue weighted by Gasteiger charge is 2.18. The maximum atomic E-state index is 13.5. The molecule has 0 amide bonds. The van der Waals surface area contributed by atoms with Gasteiger partial charge in [0.05, 0.1) is 0 Å². The third kappa shape index (κ3) is 2.59. The number of benzene rings is 1. The van der Waals surface area contributed by atoms with Gasteiger partial charge in [0.25, 0.3) is 5.56 Å². The number of aromatic hydroxyl groups is 1. The van der Waals surface area contributed by atoms with Crippen LogP contribution in [-0.4, -0.2) is 9.67 Å². The molecule has 0 atom stereocenters. The highest BCUT2D eigenvalue weighted by atomic mass is 19.1. The largest absolute Gasteiger partial charge is 0.493 e. The molecule has 0 aliphatic carbocycles. The SMILES string of the molecule is CCn1c(O)c(C#N)c(C)c(N=Nc2ccccc2F)c1=O. The van der Waals surface area contributed by atoms with E-state index in [1.165, 1.54) is 25.1 Å². The molecule has 2 rings (SSSR count). The first-order valence-electron chi connectivity index (χ1n) is 6.54. The van der Waals surface area contributed by atoms with Crippen molar-refractivity contribution >= 4 is 11.4 Å². The fraction of sp³-hybridized carbons (Fsp3) is 0.200. The predicted octanol–water partition coefficient (Wildman–Crippen LogP) is 3.31. The Morgan fingerprint density at radius 1 is 1.36 bits per heavy atom. The Hall–Kier alpha value is -3.01. The number of hydrogen-bond donors (Lipinski definition) is 1. The van der Waals surface area contributed by atoms with Crippen molar-refractivity contribution in [2.24, 2.45) is 10.2 Å². The Morgan fingerprint density at radius 2 is 2.05 bits per heavy atom. The van der Waals surface area contributed by atoms with E-state index in [1.54, 1.807) is 13.0 Å². The first kappa shape index (κ1) is 15.4. The number of halogens is 1. The molecule has 0 aliphatic rings. The van der Waals surface area contributed by atoms with Crippen LogP contribution in [0.15, 0.2) is 39.3 Å². The van der Waals surface area contributed by atoms with Crippen molar-refractivity contribution < 1.29 is 9.50 Å². The molecule has 1 heterocycles. The van der Waals surface area contributed by atoms with E-state index in [2.05, 4.69) is 10.2 Å². The van der Waals surface area contributed by atoms with E-state index in [-0.39, 0.29) is 29.0 Å². The number of aromatic nitrogens is 1. The Kier molecular flexibility index (Phi) is 4.32. The van der Waals surface area contributed by atoms with Crippen LogP contribution in [0.25, 0.3) is 0 Å². The van der Waals surface area contributed by atoms with Crippen molar-refractivity contribution in [1.82, 2.24) is 4.57 Å². The van der Waals surface area contributed by atoms with Crippen molar-refractivity contribution in [3.8, 4) is 11.9 Å². The summed E-state index contributed by atoms with van der Waals surface area (Å²) in [4.78, 5) is 12.3. The number of nitrogens with zero attached hydrogens (tertiary/aromatic N) is 4. The normalized spacial score (nSPS) is 10.8. The van der Waals surface area contributed by atoms with Crippen molar-refractivity contribution in [3.05, 3.63) is 51.6 Å². The van der Waals surface area contributed by atoms with Gasteiger partial charge in [-0.2, -0.15) is 5.26 Å². The number of rotatable bonds is 3. The average molecular weight is 300 g/mol. The van der Waals surface area contributed by atoms with E-state index in [4.69, 9.17) is 5.26 Å². The monoisotopic (exact) mass is 300 g/mol. The lowest BCUT2D eigenvalue weighted by Gasteiger charge is -2.10. The van der Waals surface area contributed by atoms with E-state index in [0.717, 1.165) is 4.57 Å². The summed E-state index contributed by atoms with van der Waals surface area (Å²) < 4.78 is 14.5. The molecule has 0 aliphatic heterocycles. The van der Waals surface area contributed by atoms with E-state index >= 15 is 0 Å². The molecule has 1 aromatic heterocycles. The van der Waals surface area contributed by atoms with E-state index in [0.29, 0.717) is 0 Å². The zero-order valence-corrected chi connectivity index (χ0v) is 12.0. The first-order chi connectivity index (χ1) is 10.5. The van der Waals surface area contributed by atoms with Gasteiger partial charge in [0.2, 0.25) is 5.88 Å². The molecule has 0 unspecified atom stereocenters. The maximum Gasteiger partial charge on any atom is 0.281 e. The van der Waals surface area contributed by atoms with Gasteiger partial charge in [-0.15, -0.1) is 10.2 Å². The quantitative estimate of drug-likeness (QED) is 0.881. The molecular weight excluding hydrogens is 287 g/mol. The van der Waals surface area contributed by atoms with E-state index < -0.39 is 17.3 Å². The molecule has 1 aromatic carbocycles. The Bertz CT molecular complexity index is 850. The molecule has 0 radical (unpaired) electrons. The lowest BCUT2D eigenvalue weighted by atomic mass is 10.1. The molecule has 0 saturated carbocycles. The third-order valence-corrected chi connectivity index (χ3v) is 3.20. The first-order valence-corrected chi connectivity index (χ1v) is 6.54. The van der Waals surface area contributed by atoms with E-state index in [1.807, 2.05) is 6.07 Å². The molecular formula is C15H13FN4O2. The van der Waals surface area contributed by atoms with Gasteiger partial charge >= 0.3 is 0 Å². The van der Waals surface area contributed by atoms with Gasteiger partial charge in [-0.25, -0.2) is 4.39 Å². The minimum atomic E-state index is -0.586. The Morgan fingerprint density at radius 3 is 2.64 bits per heavy atom. The molecule has 2 aromatic rings. The second-order valence-electron chi connectivity index (χ2n) is 4.48. The van der Waals surface area contributed by atoms with Crippen molar-refractivity contribution in [2.45, 2.75) is 20.4 Å². The summed E-state index contributed by atoms with van der Waals surface area (Å²) in [6.07, 6.45) is 0. The second kappa shape index (κ2) is 6.18. The Labute approximate surface area is 125 Å². The summed E-state index contributed by atoms with van der Waals surface area (Å²) in [5.74, 6) is -0.976. The standard InChI is InChI=1S/C15H13FN4O2/c1-3-20-14(21)10(8-17)9(2)13(15(20)22)19-18-12-7-5-4-6-11(12)16/h4-7,21H,3H2,1-2H3. The summed E-state index contributed by atoms with van der Waals surface area (Å²) in [6, 6.07) is 7.57. The van der Waals surface area contributed by atoms with Crippen molar-refractivity contribution in [2.75, 3.05) is 0 Å². The Balaban J connectivity index is 2.64. The fourth-order valence-electron chi connectivity index (χ4n) is 1.99. The van der Waals surface area contributed by atoms with Crippen LogP contribution in [0.4, 0.5) is 15.8 Å². The van der Waals surface area contributed by atoms with Crippen LogP contribution >= 0.6 is 0 Å². The van der Waals surface area contributed by atoms with E-state index in [9.17, 15) is 14.3 Å². The lowest BCUT2D eigenvalue weighted by Crippen LogP contribution is -2.20. The molecule has 22 heavy (non-hydrogen) atoms. The van der Waals surface area contributed by atoms with Gasteiger partial charge in [-0.05, 0) is 26.0 Å². The minimum Gasteiger partial charge on any atom is -0.493 e. The number of hydrogen-bond acceptors (Lipinski definition) is 5. The molecule has 6 nitrogen and oxygen atoms in total. The van der Waals surface area contributed by atoms with Gasteiger partial charge < -0.3 is 5.11 Å². The smallest absolute Gasteiger partial charge is 0.281 e. The minimum absolute atomic E-state index is 0.0177. The highest BCUT2D eigenvalue weighted by Crippen LogP contribution is 2.27. The number of pyridine rings is 1. The molecule has 112 valence electrons.